The summed E-state index contributed by atoms with van der Waals surface area (Å²) in [5.41, 5.74) is -1.54. The van der Waals surface area contributed by atoms with Gasteiger partial charge in [-0.3, -0.25) is 4.68 Å². The molecular weight excluding hydrogens is 318 g/mol. The summed E-state index contributed by atoms with van der Waals surface area (Å²) in [4.78, 5) is 4.90. The van der Waals surface area contributed by atoms with Crippen molar-refractivity contribution in [2.24, 2.45) is 12.2 Å². The molecule has 0 unspecified atom stereocenters. The lowest BCUT2D eigenvalue weighted by molar-refractivity contribution is 0.0123. The second kappa shape index (κ2) is 4.46. The second-order valence-corrected chi connectivity index (χ2v) is 8.25. The molecule has 0 atom stereocenters. The molecule has 0 radical (unpaired) electrons. The Bertz CT molecular complexity index is 750. The van der Waals surface area contributed by atoms with Crippen LogP contribution in [-0.2, 0) is 27.0 Å². The quantitative estimate of drug-likeness (QED) is 0.839. The molecule has 0 N–H and O–H groups in total. The molecule has 0 saturated heterocycles. The minimum atomic E-state index is -5.00. The molecule has 1 saturated carbocycles. The first-order valence-electron chi connectivity index (χ1n) is 6.84. The number of aryl methyl sites for hydroxylation is 1. The number of rotatable bonds is 3. The zero-order valence-electron chi connectivity index (χ0n) is 12.4. The van der Waals surface area contributed by atoms with E-state index in [9.17, 15) is 17.2 Å². The van der Waals surface area contributed by atoms with E-state index in [0.29, 0.717) is 0 Å². The fraction of sp³-hybridized carbons (Fsp3) is 0.750. The molecule has 1 fully saturated rings. The molecule has 122 valence electrons. The third kappa shape index (κ3) is 2.20. The molecule has 0 bridgehead atoms. The summed E-state index contributed by atoms with van der Waals surface area (Å²) >= 11 is 0. The summed E-state index contributed by atoms with van der Waals surface area (Å²) in [5, 5.41) is 5.48. The smallest absolute Gasteiger partial charge is 0.389 e. The maximum Gasteiger partial charge on any atom is 0.396 e. The van der Waals surface area contributed by atoms with Gasteiger partial charge in [0.2, 0.25) is 0 Å². The van der Waals surface area contributed by atoms with Gasteiger partial charge in [-0.2, -0.15) is 8.78 Å². The summed E-state index contributed by atoms with van der Waals surface area (Å²) in [6.45, 7) is 3.16. The average Bonchev–Trinajstić information content (AvgIpc) is 3.06. The third-order valence-corrected chi connectivity index (χ3v) is 5.44. The van der Waals surface area contributed by atoms with Gasteiger partial charge in [0.1, 0.15) is 5.60 Å². The molecule has 1 aliphatic carbocycles. The van der Waals surface area contributed by atoms with Crippen LogP contribution in [0, 0.1) is 0 Å². The molecule has 3 rings (SSSR count). The summed E-state index contributed by atoms with van der Waals surface area (Å²) < 4.78 is 55.2. The summed E-state index contributed by atoms with van der Waals surface area (Å²) in [5.74, 6) is -0.116. The van der Waals surface area contributed by atoms with Crippen LogP contribution in [-0.4, -0.2) is 34.1 Å². The number of aromatic nitrogens is 3. The summed E-state index contributed by atoms with van der Waals surface area (Å²) in [6.07, 6.45) is 1.24. The highest BCUT2D eigenvalue weighted by atomic mass is 32.2. The van der Waals surface area contributed by atoms with E-state index < -0.39 is 31.4 Å². The molecule has 10 heteroatoms. The average molecular weight is 334 g/mol. The molecule has 1 aromatic heterocycles. The summed E-state index contributed by atoms with van der Waals surface area (Å²) in [7, 11) is -3.52. The Morgan fingerprint density at radius 1 is 1.36 bits per heavy atom. The van der Waals surface area contributed by atoms with Gasteiger partial charge in [-0.1, -0.05) is 10.4 Å². The van der Waals surface area contributed by atoms with E-state index in [0.717, 1.165) is 12.8 Å². The van der Waals surface area contributed by atoms with Gasteiger partial charge in [-0.05, 0) is 26.7 Å². The molecule has 2 heterocycles. The normalized spacial score (nSPS) is 21.6. The van der Waals surface area contributed by atoms with Crippen LogP contribution < -0.4 is 0 Å². The lowest BCUT2D eigenvalue weighted by Gasteiger charge is -2.17. The predicted molar refractivity (Wildman–Crippen MR) is 73.0 cm³/mol. The minimum Gasteiger partial charge on any atom is -0.389 e. The largest absolute Gasteiger partial charge is 0.396 e. The van der Waals surface area contributed by atoms with Crippen molar-refractivity contribution in [2.75, 3.05) is 0 Å². The maximum atomic E-state index is 14.7. The number of alkyl halides is 2. The Labute approximate surface area is 126 Å². The molecule has 0 amide bonds. The molecule has 2 aliphatic rings. The second-order valence-electron chi connectivity index (χ2n) is 6.25. The van der Waals surface area contributed by atoms with Crippen molar-refractivity contribution in [3.05, 3.63) is 11.4 Å². The zero-order valence-corrected chi connectivity index (χ0v) is 13.2. The molecular formula is C12H16F2N4O3S. The molecule has 22 heavy (non-hydrogen) atoms. The van der Waals surface area contributed by atoms with Gasteiger partial charge in [0.05, 0.1) is 5.69 Å². The molecule has 1 aliphatic heterocycles. The fourth-order valence-corrected chi connectivity index (χ4v) is 3.78. The van der Waals surface area contributed by atoms with Crippen LogP contribution in [0.15, 0.2) is 5.16 Å². The van der Waals surface area contributed by atoms with Crippen molar-refractivity contribution in [2.45, 2.75) is 49.9 Å². The van der Waals surface area contributed by atoms with E-state index in [1.54, 1.807) is 13.8 Å². The van der Waals surface area contributed by atoms with Crippen LogP contribution in [0.2, 0.25) is 0 Å². The maximum absolute atomic E-state index is 14.7. The van der Waals surface area contributed by atoms with Gasteiger partial charge < -0.3 is 4.84 Å². The van der Waals surface area contributed by atoms with Gasteiger partial charge in [0, 0.05) is 19.4 Å². The molecule has 0 spiro atoms. The van der Waals surface area contributed by atoms with E-state index in [1.807, 2.05) is 0 Å². The number of nitrogens with zero attached hydrogens (tertiary/aromatic N) is 4. The van der Waals surface area contributed by atoms with Crippen molar-refractivity contribution in [1.29, 1.82) is 0 Å². The standard InChI is InChI=1S/C12H16F2N4O3S/c1-11(2)6-8(16-21-11)22(19,20)12(13,14)10-9(7-4-5-7)18(3)17-15-10/h7H,4-6H2,1-3H3. The highest BCUT2D eigenvalue weighted by Crippen LogP contribution is 2.47. The van der Waals surface area contributed by atoms with Gasteiger partial charge in [0.25, 0.3) is 9.84 Å². The van der Waals surface area contributed by atoms with Crippen LogP contribution in [0.5, 0.6) is 0 Å². The van der Waals surface area contributed by atoms with Gasteiger partial charge >= 0.3 is 5.25 Å². The van der Waals surface area contributed by atoms with Crippen molar-refractivity contribution in [3.8, 4) is 0 Å². The molecule has 1 aromatic rings. The lowest BCUT2D eigenvalue weighted by atomic mass is 10.1. The Hall–Kier alpha value is -1.58. The van der Waals surface area contributed by atoms with Crippen molar-refractivity contribution < 1.29 is 22.0 Å². The summed E-state index contributed by atoms with van der Waals surface area (Å²) in [6, 6.07) is 0. The lowest BCUT2D eigenvalue weighted by Crippen LogP contribution is -2.35. The highest BCUT2D eigenvalue weighted by molar-refractivity contribution is 8.06. The van der Waals surface area contributed by atoms with Gasteiger partial charge in [0.15, 0.2) is 10.7 Å². The SMILES string of the molecule is Cn1nnc(C(F)(F)S(=O)(=O)C2=NOC(C)(C)C2)c1C1CC1. The first-order valence-corrected chi connectivity index (χ1v) is 8.32. The third-order valence-electron chi connectivity index (χ3n) is 3.73. The minimum absolute atomic E-state index is 0.116. The Morgan fingerprint density at radius 2 is 2.00 bits per heavy atom. The Kier molecular flexibility index (Phi) is 3.11. The predicted octanol–water partition coefficient (Wildman–Crippen LogP) is 1.67. The van der Waals surface area contributed by atoms with E-state index in [1.165, 1.54) is 11.7 Å². The van der Waals surface area contributed by atoms with E-state index in [4.69, 9.17) is 4.84 Å². The Balaban J connectivity index is 2.03. The monoisotopic (exact) mass is 334 g/mol. The topological polar surface area (TPSA) is 86.4 Å². The zero-order chi connectivity index (χ0) is 16.3. The molecule has 0 aromatic carbocycles. The number of hydrogen-bond donors (Lipinski definition) is 0. The first kappa shape index (κ1) is 15.3. The van der Waals surface area contributed by atoms with Crippen LogP contribution in [0.3, 0.4) is 0 Å². The fourth-order valence-electron chi connectivity index (χ4n) is 2.41. The number of halogens is 2. The van der Waals surface area contributed by atoms with E-state index >= 15 is 0 Å². The Morgan fingerprint density at radius 3 is 2.50 bits per heavy atom. The highest BCUT2D eigenvalue weighted by Gasteiger charge is 2.57. The number of sulfone groups is 1. The van der Waals surface area contributed by atoms with Crippen molar-refractivity contribution in [1.82, 2.24) is 15.0 Å². The van der Waals surface area contributed by atoms with E-state index in [2.05, 4.69) is 15.5 Å². The van der Waals surface area contributed by atoms with Crippen LogP contribution in [0.4, 0.5) is 8.78 Å². The molecule has 7 nitrogen and oxygen atoms in total. The number of hydrogen-bond acceptors (Lipinski definition) is 6. The van der Waals surface area contributed by atoms with Gasteiger partial charge in [-0.15, -0.1) is 5.10 Å². The van der Waals surface area contributed by atoms with Crippen LogP contribution in [0.25, 0.3) is 0 Å². The van der Waals surface area contributed by atoms with E-state index in [-0.39, 0.29) is 18.0 Å². The number of oxime groups is 1. The van der Waals surface area contributed by atoms with Crippen LogP contribution >= 0.6 is 0 Å². The van der Waals surface area contributed by atoms with Crippen molar-refractivity contribution in [3.63, 3.8) is 0 Å². The van der Waals surface area contributed by atoms with Gasteiger partial charge in [-0.25, -0.2) is 8.42 Å². The first-order chi connectivity index (χ1) is 10.1. The van der Waals surface area contributed by atoms with Crippen LogP contribution in [0.1, 0.15) is 50.4 Å². The van der Waals surface area contributed by atoms with Crippen molar-refractivity contribution >= 4 is 14.9 Å².